The van der Waals surface area contributed by atoms with Gasteiger partial charge in [-0.1, -0.05) is 25.0 Å². The van der Waals surface area contributed by atoms with Crippen LogP contribution in [0.2, 0.25) is 0 Å². The van der Waals surface area contributed by atoms with E-state index in [9.17, 15) is 4.79 Å². The number of anilines is 1. The molecule has 3 aromatic rings. The number of urea groups is 1. The number of aromatic nitrogens is 5. The molecule has 8 heteroatoms. The predicted octanol–water partition coefficient (Wildman–Crippen LogP) is 3.77. The molecule has 1 aliphatic carbocycles. The van der Waals surface area contributed by atoms with E-state index in [1.54, 1.807) is 11.0 Å². The summed E-state index contributed by atoms with van der Waals surface area (Å²) in [5.41, 5.74) is 2.85. The maximum Gasteiger partial charge on any atom is 0.320 e. The molecule has 4 rings (SSSR count). The summed E-state index contributed by atoms with van der Waals surface area (Å²) in [4.78, 5) is 16.5. The van der Waals surface area contributed by atoms with E-state index in [4.69, 9.17) is 0 Å². The van der Waals surface area contributed by atoms with E-state index < -0.39 is 0 Å². The molecule has 0 radical (unpaired) electrons. The van der Waals surface area contributed by atoms with E-state index in [1.807, 2.05) is 48.9 Å². The minimum Gasteiger partial charge on any atom is -0.331 e. The zero-order chi connectivity index (χ0) is 19.5. The third-order valence-corrected chi connectivity index (χ3v) is 5.19. The summed E-state index contributed by atoms with van der Waals surface area (Å²) in [5.74, 6) is 0.760. The molecular weight excluding hydrogens is 354 g/mol. The van der Waals surface area contributed by atoms with Gasteiger partial charge in [-0.05, 0) is 44.4 Å². The van der Waals surface area contributed by atoms with Gasteiger partial charge >= 0.3 is 6.03 Å². The number of nitrogens with zero attached hydrogens (tertiary/aromatic N) is 5. The fourth-order valence-corrected chi connectivity index (χ4v) is 3.73. The first kappa shape index (κ1) is 18.2. The second-order valence-corrected chi connectivity index (χ2v) is 7.31. The third kappa shape index (κ3) is 3.90. The van der Waals surface area contributed by atoms with Gasteiger partial charge < -0.3 is 5.32 Å². The lowest BCUT2D eigenvalue weighted by molar-refractivity contribution is 0.249. The van der Waals surface area contributed by atoms with Crippen LogP contribution in [-0.4, -0.2) is 30.6 Å². The lowest BCUT2D eigenvalue weighted by Crippen LogP contribution is -2.32. The zero-order valence-corrected chi connectivity index (χ0v) is 16.2. The second kappa shape index (κ2) is 7.84. The molecule has 1 atom stereocenters. The molecule has 2 heterocycles. The Morgan fingerprint density at radius 1 is 1.21 bits per heavy atom. The zero-order valence-electron chi connectivity index (χ0n) is 16.2. The highest BCUT2D eigenvalue weighted by molar-refractivity contribution is 5.88. The summed E-state index contributed by atoms with van der Waals surface area (Å²) in [7, 11) is 0. The smallest absolute Gasteiger partial charge is 0.320 e. The Balaban J connectivity index is 1.40. The number of hydrogen-bond acceptors (Lipinski definition) is 4. The highest BCUT2D eigenvalue weighted by Gasteiger charge is 2.22. The highest BCUT2D eigenvalue weighted by atomic mass is 16.2. The van der Waals surface area contributed by atoms with Crippen molar-refractivity contribution in [3.05, 3.63) is 54.2 Å². The number of carbonyl (C=O) groups excluding carboxylic acids is 1. The van der Waals surface area contributed by atoms with Crippen LogP contribution in [0.5, 0.6) is 0 Å². The Morgan fingerprint density at radius 3 is 2.64 bits per heavy atom. The molecule has 28 heavy (non-hydrogen) atoms. The summed E-state index contributed by atoms with van der Waals surface area (Å²) in [6.07, 6.45) is 7.82. The highest BCUT2D eigenvalue weighted by Crippen LogP contribution is 2.31. The van der Waals surface area contributed by atoms with E-state index in [1.165, 1.54) is 19.2 Å². The monoisotopic (exact) mass is 379 g/mol. The summed E-state index contributed by atoms with van der Waals surface area (Å²) in [5, 5.41) is 14.7. The van der Waals surface area contributed by atoms with E-state index >= 15 is 0 Å². The van der Waals surface area contributed by atoms with Crippen molar-refractivity contribution in [2.24, 2.45) is 0 Å². The summed E-state index contributed by atoms with van der Waals surface area (Å²) in [6.45, 7) is 3.91. The van der Waals surface area contributed by atoms with E-state index in [2.05, 4.69) is 25.8 Å². The van der Waals surface area contributed by atoms with Crippen molar-refractivity contribution >= 4 is 11.8 Å². The molecule has 0 spiro atoms. The SMILES string of the molecule is Cc1cc(NC(=O)N[C@@H](C)c2ccc(-n3cncn3)cc2)n(C2CCCC2)n1. The van der Waals surface area contributed by atoms with Crippen molar-refractivity contribution in [2.75, 3.05) is 5.32 Å². The maximum atomic E-state index is 12.5. The average Bonchev–Trinajstić information content (AvgIpc) is 3.44. The van der Waals surface area contributed by atoms with Gasteiger partial charge in [0, 0.05) is 6.07 Å². The van der Waals surface area contributed by atoms with Gasteiger partial charge in [0.05, 0.1) is 23.5 Å². The molecule has 2 aromatic heterocycles. The van der Waals surface area contributed by atoms with Gasteiger partial charge in [0.15, 0.2) is 0 Å². The Bertz CT molecular complexity index is 924. The van der Waals surface area contributed by atoms with Crippen molar-refractivity contribution in [1.29, 1.82) is 0 Å². The summed E-state index contributed by atoms with van der Waals surface area (Å²) in [6, 6.07) is 9.82. The number of rotatable bonds is 5. The molecule has 146 valence electrons. The van der Waals surface area contributed by atoms with Crippen molar-refractivity contribution in [2.45, 2.75) is 51.6 Å². The quantitative estimate of drug-likeness (QED) is 0.706. The predicted molar refractivity (Wildman–Crippen MR) is 106 cm³/mol. The van der Waals surface area contributed by atoms with Crippen LogP contribution < -0.4 is 10.6 Å². The molecule has 1 aliphatic rings. The van der Waals surface area contributed by atoms with Crippen molar-refractivity contribution in [1.82, 2.24) is 29.9 Å². The fraction of sp³-hybridized carbons (Fsp3) is 0.400. The molecule has 2 amide bonds. The summed E-state index contributed by atoms with van der Waals surface area (Å²) >= 11 is 0. The lowest BCUT2D eigenvalue weighted by atomic mass is 10.1. The van der Waals surface area contributed by atoms with Crippen LogP contribution in [0.15, 0.2) is 43.0 Å². The molecule has 1 saturated carbocycles. The van der Waals surface area contributed by atoms with Crippen LogP contribution in [0.3, 0.4) is 0 Å². The van der Waals surface area contributed by atoms with Gasteiger partial charge in [-0.3, -0.25) is 5.32 Å². The molecule has 0 aliphatic heterocycles. The van der Waals surface area contributed by atoms with Crippen LogP contribution >= 0.6 is 0 Å². The Kier molecular flexibility index (Phi) is 5.10. The first-order chi connectivity index (χ1) is 13.6. The van der Waals surface area contributed by atoms with Gasteiger partial charge in [-0.25, -0.2) is 19.1 Å². The number of aryl methyl sites for hydroxylation is 1. The van der Waals surface area contributed by atoms with Gasteiger partial charge in [0.25, 0.3) is 0 Å². The second-order valence-electron chi connectivity index (χ2n) is 7.31. The topological polar surface area (TPSA) is 89.7 Å². The van der Waals surface area contributed by atoms with Crippen LogP contribution in [0.1, 0.15) is 55.9 Å². The molecule has 0 bridgehead atoms. The van der Waals surface area contributed by atoms with E-state index in [0.717, 1.165) is 35.6 Å². The van der Waals surface area contributed by atoms with Crippen LogP contribution in [0, 0.1) is 6.92 Å². The number of amides is 2. The first-order valence-electron chi connectivity index (χ1n) is 9.69. The minimum atomic E-state index is -0.230. The van der Waals surface area contributed by atoms with E-state index in [-0.39, 0.29) is 12.1 Å². The van der Waals surface area contributed by atoms with Crippen LogP contribution in [-0.2, 0) is 0 Å². The Morgan fingerprint density at radius 2 is 1.96 bits per heavy atom. The fourth-order valence-electron chi connectivity index (χ4n) is 3.73. The lowest BCUT2D eigenvalue weighted by Gasteiger charge is -2.18. The standard InChI is InChI=1S/C20H25N7O/c1-14-11-19(27(25-14)18-5-3-4-6-18)24-20(28)23-15(2)16-7-9-17(10-8-16)26-13-21-12-22-26/h7-13,15,18H,3-6H2,1-2H3,(H2,23,24,28)/t15-/m0/s1. The number of carbonyl (C=O) groups is 1. The maximum absolute atomic E-state index is 12.5. The van der Waals surface area contributed by atoms with Gasteiger partial charge in [-0.15, -0.1) is 0 Å². The number of benzene rings is 1. The Labute approximate surface area is 164 Å². The molecule has 8 nitrogen and oxygen atoms in total. The van der Waals surface area contributed by atoms with Crippen molar-refractivity contribution < 1.29 is 4.79 Å². The molecule has 1 aromatic carbocycles. The first-order valence-corrected chi connectivity index (χ1v) is 9.69. The molecule has 0 saturated heterocycles. The summed E-state index contributed by atoms with van der Waals surface area (Å²) < 4.78 is 3.67. The third-order valence-electron chi connectivity index (χ3n) is 5.19. The molecule has 2 N–H and O–H groups in total. The van der Waals surface area contributed by atoms with Crippen LogP contribution in [0.4, 0.5) is 10.6 Å². The Hall–Kier alpha value is -3.16. The number of nitrogens with one attached hydrogen (secondary N) is 2. The molecule has 1 fully saturated rings. The number of hydrogen-bond donors (Lipinski definition) is 2. The van der Waals surface area contributed by atoms with Crippen molar-refractivity contribution in [3.8, 4) is 5.69 Å². The van der Waals surface area contributed by atoms with Crippen LogP contribution in [0.25, 0.3) is 5.69 Å². The van der Waals surface area contributed by atoms with E-state index in [0.29, 0.717) is 6.04 Å². The average molecular weight is 379 g/mol. The normalized spacial score (nSPS) is 15.5. The largest absolute Gasteiger partial charge is 0.331 e. The van der Waals surface area contributed by atoms with Gasteiger partial charge in [0.1, 0.15) is 18.5 Å². The van der Waals surface area contributed by atoms with Gasteiger partial charge in [-0.2, -0.15) is 10.2 Å². The van der Waals surface area contributed by atoms with Crippen molar-refractivity contribution in [3.63, 3.8) is 0 Å². The molecule has 0 unspecified atom stereocenters. The minimum absolute atomic E-state index is 0.131. The molecular formula is C20H25N7O. The van der Waals surface area contributed by atoms with Gasteiger partial charge in [0.2, 0.25) is 0 Å².